The van der Waals surface area contributed by atoms with Gasteiger partial charge in [0.15, 0.2) is 5.65 Å². The van der Waals surface area contributed by atoms with Gasteiger partial charge in [-0.1, -0.05) is 0 Å². The second kappa shape index (κ2) is 7.93. The van der Waals surface area contributed by atoms with Gasteiger partial charge in [-0.3, -0.25) is 4.74 Å². The van der Waals surface area contributed by atoms with Gasteiger partial charge in [-0.15, -0.1) is 13.2 Å². The van der Waals surface area contributed by atoms with Crippen molar-refractivity contribution in [1.29, 1.82) is 0 Å². The number of aromatic amines is 1. The first-order valence-electron chi connectivity index (χ1n) is 10.1. The van der Waals surface area contributed by atoms with Gasteiger partial charge in [-0.2, -0.15) is 15.1 Å². The molecule has 1 aliphatic carbocycles. The topological polar surface area (TPSA) is 102 Å². The van der Waals surface area contributed by atoms with E-state index in [2.05, 4.69) is 35.1 Å². The largest absolute Gasteiger partial charge is 0.522 e. The lowest BCUT2D eigenvalue weighted by molar-refractivity contribution is -0.345. The highest BCUT2D eigenvalue weighted by molar-refractivity contribution is 5.96. The average Bonchev–Trinajstić information content (AvgIpc) is 3.40. The van der Waals surface area contributed by atoms with Gasteiger partial charge in [0.2, 0.25) is 11.8 Å². The summed E-state index contributed by atoms with van der Waals surface area (Å²) in [4.78, 5) is 16.3. The first-order chi connectivity index (χ1) is 15.4. The van der Waals surface area contributed by atoms with Crippen LogP contribution >= 0.6 is 0 Å². The number of hydrogen-bond acceptors (Lipinski definition) is 7. The van der Waals surface area contributed by atoms with Gasteiger partial charge >= 0.3 is 6.36 Å². The number of alkyl halides is 3. The number of H-pyrrole nitrogens is 1. The molecule has 1 aliphatic rings. The molecule has 32 heavy (non-hydrogen) atoms. The molecule has 12 heteroatoms. The van der Waals surface area contributed by atoms with Crippen LogP contribution in [-0.4, -0.2) is 55.2 Å². The van der Waals surface area contributed by atoms with Crippen molar-refractivity contribution in [3.8, 4) is 17.1 Å². The highest BCUT2D eigenvalue weighted by Crippen LogP contribution is 2.34. The number of fused-ring (bicyclic) bond motifs is 2. The molecule has 0 spiro atoms. The van der Waals surface area contributed by atoms with E-state index in [0.29, 0.717) is 54.2 Å². The lowest BCUT2D eigenvalue weighted by atomic mass is 9.93. The minimum absolute atomic E-state index is 0.0509. The minimum Gasteiger partial charge on any atom is -0.480 e. The van der Waals surface area contributed by atoms with Crippen LogP contribution in [0.1, 0.15) is 25.7 Å². The van der Waals surface area contributed by atoms with E-state index in [-0.39, 0.29) is 6.04 Å². The van der Waals surface area contributed by atoms with Crippen molar-refractivity contribution >= 4 is 22.6 Å². The fourth-order valence-electron chi connectivity index (χ4n) is 4.07. The predicted octanol–water partition coefficient (Wildman–Crippen LogP) is 3.94. The lowest BCUT2D eigenvalue weighted by Gasteiger charge is -2.29. The molecular weight excluding hydrogens is 427 g/mol. The summed E-state index contributed by atoms with van der Waals surface area (Å²) >= 11 is 0. The van der Waals surface area contributed by atoms with Crippen LogP contribution in [-0.2, 0) is 4.74 Å². The molecule has 2 N–H and O–H groups in total. The molecule has 1 fully saturated rings. The van der Waals surface area contributed by atoms with E-state index in [4.69, 9.17) is 4.74 Å². The van der Waals surface area contributed by atoms with Crippen LogP contribution < -0.4 is 10.1 Å². The van der Waals surface area contributed by atoms with Crippen LogP contribution in [0.15, 0.2) is 30.7 Å². The van der Waals surface area contributed by atoms with Crippen molar-refractivity contribution in [2.24, 2.45) is 0 Å². The van der Waals surface area contributed by atoms with E-state index in [1.54, 1.807) is 23.1 Å². The maximum absolute atomic E-state index is 12.4. The van der Waals surface area contributed by atoms with E-state index in [9.17, 15) is 13.2 Å². The predicted molar refractivity (Wildman–Crippen MR) is 109 cm³/mol. The Morgan fingerprint density at radius 1 is 1.16 bits per heavy atom. The number of rotatable bonds is 5. The molecule has 4 aromatic heterocycles. The zero-order valence-electron chi connectivity index (χ0n) is 17.1. The maximum atomic E-state index is 12.4. The fraction of sp³-hybridized carbons (Fsp3) is 0.400. The number of anilines is 1. The normalized spacial score (nSPS) is 19.5. The number of hydrogen-bond donors (Lipinski definition) is 2. The number of halogens is 3. The molecule has 0 atom stereocenters. The molecule has 0 amide bonds. The third-order valence-electron chi connectivity index (χ3n) is 5.53. The van der Waals surface area contributed by atoms with Gasteiger partial charge < -0.3 is 15.0 Å². The molecule has 168 valence electrons. The van der Waals surface area contributed by atoms with Crippen LogP contribution in [0.5, 0.6) is 5.88 Å². The Hall–Kier alpha value is -3.41. The second-order valence-corrected chi connectivity index (χ2v) is 7.61. The van der Waals surface area contributed by atoms with Crippen LogP contribution in [0, 0.1) is 0 Å². The van der Waals surface area contributed by atoms with Crippen molar-refractivity contribution in [2.75, 3.05) is 12.4 Å². The van der Waals surface area contributed by atoms with Crippen LogP contribution in [0.25, 0.3) is 27.9 Å². The smallest absolute Gasteiger partial charge is 0.480 e. The number of aromatic nitrogens is 6. The van der Waals surface area contributed by atoms with Gasteiger partial charge in [0, 0.05) is 30.2 Å². The first-order valence-corrected chi connectivity index (χ1v) is 10.1. The molecule has 9 nitrogen and oxygen atoms in total. The molecule has 4 aromatic rings. The summed E-state index contributed by atoms with van der Waals surface area (Å²) in [6, 6.07) is 3.67. The van der Waals surface area contributed by atoms with Gasteiger partial charge in [0.1, 0.15) is 5.65 Å². The van der Waals surface area contributed by atoms with E-state index < -0.39 is 12.5 Å². The van der Waals surface area contributed by atoms with E-state index in [1.807, 2.05) is 12.1 Å². The quantitative estimate of drug-likeness (QED) is 0.478. The molecule has 0 bridgehead atoms. The molecule has 0 aliphatic heterocycles. The van der Waals surface area contributed by atoms with E-state index in [0.717, 1.165) is 11.2 Å². The summed E-state index contributed by atoms with van der Waals surface area (Å²) in [5.74, 6) is 0.719. The maximum Gasteiger partial charge on any atom is 0.522 e. The highest BCUT2D eigenvalue weighted by Gasteiger charge is 2.35. The number of imidazole rings is 1. The molecule has 5 rings (SSSR count). The van der Waals surface area contributed by atoms with E-state index >= 15 is 0 Å². The Morgan fingerprint density at radius 3 is 2.72 bits per heavy atom. The summed E-state index contributed by atoms with van der Waals surface area (Å²) in [5, 5.41) is 8.47. The second-order valence-electron chi connectivity index (χ2n) is 7.61. The Kier molecular flexibility index (Phi) is 5.08. The number of nitrogens with one attached hydrogen (secondary N) is 2. The third-order valence-corrected chi connectivity index (χ3v) is 5.53. The standard InChI is InChI=1S/C20H20F3N7O2/c1-31-18-16-13(14-6-7-15-24-8-9-30(15)29-14)10-25-17(16)27-19(28-18)26-11-2-4-12(5-3-11)32-20(21,22)23/h6-12H,2-5H2,1H3,(H2,25,26,27,28). The van der Waals surface area contributed by atoms with Gasteiger partial charge in [-0.25, -0.2) is 9.50 Å². The molecule has 0 radical (unpaired) electrons. The van der Waals surface area contributed by atoms with Crippen molar-refractivity contribution in [3.63, 3.8) is 0 Å². The summed E-state index contributed by atoms with van der Waals surface area (Å²) in [6.45, 7) is 0. The molecule has 4 heterocycles. The molecule has 1 saturated carbocycles. The zero-order chi connectivity index (χ0) is 22.3. The molecule has 0 aromatic carbocycles. The van der Waals surface area contributed by atoms with Crippen LogP contribution in [0.4, 0.5) is 19.1 Å². The Labute approximate surface area is 180 Å². The zero-order valence-corrected chi connectivity index (χ0v) is 17.1. The summed E-state index contributed by atoms with van der Waals surface area (Å²) in [5.41, 5.74) is 2.78. The molecule has 0 unspecified atom stereocenters. The lowest BCUT2D eigenvalue weighted by Crippen LogP contribution is -2.33. The number of ether oxygens (including phenoxy) is 2. The molecule has 0 saturated heterocycles. The minimum atomic E-state index is -4.60. The monoisotopic (exact) mass is 447 g/mol. The highest BCUT2D eigenvalue weighted by atomic mass is 19.4. The molecular formula is C20H20F3N7O2. The Morgan fingerprint density at radius 2 is 1.97 bits per heavy atom. The van der Waals surface area contributed by atoms with Crippen molar-refractivity contribution in [3.05, 3.63) is 30.7 Å². The van der Waals surface area contributed by atoms with Gasteiger partial charge in [0.25, 0.3) is 0 Å². The summed E-state index contributed by atoms with van der Waals surface area (Å²) < 4.78 is 48.6. The van der Waals surface area contributed by atoms with Crippen molar-refractivity contribution in [1.82, 2.24) is 29.5 Å². The van der Waals surface area contributed by atoms with Crippen molar-refractivity contribution in [2.45, 2.75) is 44.2 Å². The third kappa shape index (κ3) is 4.05. The summed E-state index contributed by atoms with van der Waals surface area (Å²) in [6.07, 6.45) is 1.48. The Balaban J connectivity index is 1.37. The van der Waals surface area contributed by atoms with E-state index in [1.165, 1.54) is 7.11 Å². The van der Waals surface area contributed by atoms with Gasteiger partial charge in [0.05, 0.1) is 24.3 Å². The first kappa shape index (κ1) is 20.5. The van der Waals surface area contributed by atoms with Gasteiger partial charge in [-0.05, 0) is 37.8 Å². The Bertz CT molecular complexity index is 1250. The van der Waals surface area contributed by atoms with Crippen LogP contribution in [0.2, 0.25) is 0 Å². The van der Waals surface area contributed by atoms with Crippen molar-refractivity contribution < 1.29 is 22.6 Å². The number of methoxy groups -OCH3 is 1. The SMILES string of the molecule is COc1nc(NC2CCC(OC(F)(F)F)CC2)nc2[nH]cc(-c3ccc4nccn4n3)c12. The average molecular weight is 447 g/mol. The fourth-order valence-corrected chi connectivity index (χ4v) is 4.07. The summed E-state index contributed by atoms with van der Waals surface area (Å²) in [7, 11) is 1.52. The number of nitrogens with zero attached hydrogens (tertiary/aromatic N) is 5. The van der Waals surface area contributed by atoms with Crippen LogP contribution in [0.3, 0.4) is 0 Å².